The van der Waals surface area contributed by atoms with Crippen molar-refractivity contribution in [3.05, 3.63) is 33.8 Å². The van der Waals surface area contributed by atoms with Gasteiger partial charge in [0.15, 0.2) is 0 Å². The number of imide groups is 2. The maximum atomic E-state index is 11.7. The second-order valence-corrected chi connectivity index (χ2v) is 4.89. The third-order valence-corrected chi connectivity index (χ3v) is 3.02. The largest absolute Gasteiger partial charge is 0.480 e. The number of amides is 4. The van der Waals surface area contributed by atoms with Gasteiger partial charge in [-0.25, -0.2) is 4.79 Å². The van der Waals surface area contributed by atoms with Crippen LogP contribution in [0.1, 0.15) is 5.56 Å². The van der Waals surface area contributed by atoms with Crippen LogP contribution in [0.25, 0.3) is 6.08 Å². The number of barbiturate groups is 1. The van der Waals surface area contributed by atoms with Gasteiger partial charge in [-0.05, 0) is 24.3 Å². The van der Waals surface area contributed by atoms with Crippen molar-refractivity contribution in [3.8, 4) is 18.1 Å². The Morgan fingerprint density at radius 3 is 2.52 bits per heavy atom. The third-order valence-electron chi connectivity index (χ3n) is 2.53. The van der Waals surface area contributed by atoms with Gasteiger partial charge < -0.3 is 4.74 Å². The third kappa shape index (κ3) is 3.49. The maximum absolute atomic E-state index is 11.7. The molecule has 1 aliphatic rings. The molecule has 1 aliphatic heterocycles. The van der Waals surface area contributed by atoms with Crippen LogP contribution in [-0.2, 0) is 9.59 Å². The Morgan fingerprint density at radius 1 is 1.24 bits per heavy atom. The van der Waals surface area contributed by atoms with E-state index in [1.807, 2.05) is 10.6 Å². The molecule has 106 valence electrons. The SMILES string of the molecule is C#CCOc1ccc(Br)cc1C=C1C(=O)NC(=O)NC1=O. The lowest BCUT2D eigenvalue weighted by atomic mass is 10.1. The van der Waals surface area contributed by atoms with Crippen LogP contribution in [-0.4, -0.2) is 24.5 Å². The predicted molar refractivity (Wildman–Crippen MR) is 78.1 cm³/mol. The van der Waals surface area contributed by atoms with Gasteiger partial charge in [0.1, 0.15) is 17.9 Å². The molecule has 21 heavy (non-hydrogen) atoms. The zero-order valence-corrected chi connectivity index (χ0v) is 12.2. The minimum absolute atomic E-state index is 0.0503. The predicted octanol–water partition coefficient (Wildman–Crippen LogP) is 1.21. The zero-order chi connectivity index (χ0) is 15.4. The number of carbonyl (C=O) groups is 3. The van der Waals surface area contributed by atoms with Crippen molar-refractivity contribution in [3.63, 3.8) is 0 Å². The Bertz CT molecular complexity index is 681. The molecule has 0 atom stereocenters. The molecule has 0 aromatic heterocycles. The number of ether oxygens (including phenoxy) is 1. The van der Waals surface area contributed by atoms with Crippen LogP contribution in [0, 0.1) is 12.3 Å². The molecular formula is C14H9BrN2O4. The fourth-order valence-electron chi connectivity index (χ4n) is 1.64. The number of hydrogen-bond donors (Lipinski definition) is 2. The van der Waals surface area contributed by atoms with Gasteiger partial charge in [0.2, 0.25) is 0 Å². The van der Waals surface area contributed by atoms with Gasteiger partial charge in [0, 0.05) is 10.0 Å². The monoisotopic (exact) mass is 348 g/mol. The summed E-state index contributed by atoms with van der Waals surface area (Å²) in [4.78, 5) is 34.4. The first-order valence-corrected chi connectivity index (χ1v) is 6.54. The molecule has 2 N–H and O–H groups in total. The average molecular weight is 349 g/mol. The molecule has 0 spiro atoms. The Kier molecular flexibility index (Phi) is 4.40. The van der Waals surface area contributed by atoms with Crippen LogP contribution in [0.2, 0.25) is 0 Å². The van der Waals surface area contributed by atoms with Crippen molar-refractivity contribution in [1.29, 1.82) is 0 Å². The molecular weight excluding hydrogens is 340 g/mol. The minimum atomic E-state index is -0.847. The first-order chi connectivity index (χ1) is 10.0. The normalized spacial score (nSPS) is 14.1. The summed E-state index contributed by atoms with van der Waals surface area (Å²) in [6.07, 6.45) is 6.46. The second-order valence-electron chi connectivity index (χ2n) is 3.97. The Labute approximate surface area is 128 Å². The van der Waals surface area contributed by atoms with E-state index in [9.17, 15) is 14.4 Å². The van der Waals surface area contributed by atoms with Gasteiger partial charge in [-0.2, -0.15) is 0 Å². The fourth-order valence-corrected chi connectivity index (χ4v) is 2.02. The first-order valence-electron chi connectivity index (χ1n) is 5.75. The van der Waals surface area contributed by atoms with Crippen molar-refractivity contribution in [1.82, 2.24) is 10.6 Å². The molecule has 1 fully saturated rings. The molecule has 6 nitrogen and oxygen atoms in total. The smallest absolute Gasteiger partial charge is 0.328 e. The molecule has 1 aromatic rings. The van der Waals surface area contributed by atoms with Crippen LogP contribution in [0.4, 0.5) is 4.79 Å². The van der Waals surface area contributed by atoms with E-state index < -0.39 is 17.8 Å². The Hall–Kier alpha value is -2.59. The van der Waals surface area contributed by atoms with Crippen molar-refractivity contribution in [2.45, 2.75) is 0 Å². The highest BCUT2D eigenvalue weighted by Crippen LogP contribution is 2.26. The summed E-state index contributed by atoms with van der Waals surface area (Å²) in [7, 11) is 0. The second kappa shape index (κ2) is 6.24. The minimum Gasteiger partial charge on any atom is -0.480 e. The van der Waals surface area contributed by atoms with Gasteiger partial charge in [0.05, 0.1) is 0 Å². The van der Waals surface area contributed by atoms with Crippen molar-refractivity contribution in [2.24, 2.45) is 0 Å². The maximum Gasteiger partial charge on any atom is 0.328 e. The average Bonchev–Trinajstić information content (AvgIpc) is 2.42. The van der Waals surface area contributed by atoms with E-state index >= 15 is 0 Å². The lowest BCUT2D eigenvalue weighted by molar-refractivity contribution is -0.123. The van der Waals surface area contributed by atoms with E-state index in [0.717, 1.165) is 4.47 Å². The van der Waals surface area contributed by atoms with Gasteiger partial charge >= 0.3 is 6.03 Å². The van der Waals surface area contributed by atoms with Gasteiger partial charge in [-0.3, -0.25) is 20.2 Å². The van der Waals surface area contributed by atoms with Gasteiger partial charge in [0.25, 0.3) is 11.8 Å². The quantitative estimate of drug-likeness (QED) is 0.488. The zero-order valence-electron chi connectivity index (χ0n) is 10.6. The molecule has 7 heteroatoms. The lowest BCUT2D eigenvalue weighted by Gasteiger charge is -2.14. The van der Waals surface area contributed by atoms with E-state index in [4.69, 9.17) is 11.2 Å². The van der Waals surface area contributed by atoms with E-state index in [1.54, 1.807) is 18.2 Å². The highest BCUT2D eigenvalue weighted by atomic mass is 79.9. The topological polar surface area (TPSA) is 84.5 Å². The lowest BCUT2D eigenvalue weighted by Crippen LogP contribution is -2.51. The fraction of sp³-hybridized carbons (Fsp3) is 0.0714. The molecule has 1 saturated heterocycles. The molecule has 0 saturated carbocycles. The summed E-state index contributed by atoms with van der Waals surface area (Å²) in [6, 6.07) is 4.20. The standard InChI is InChI=1S/C14H9BrN2O4/c1-2-5-21-11-4-3-9(15)6-8(11)7-10-12(18)16-14(20)17-13(10)19/h1,3-4,6-7H,5H2,(H2,16,17,18,19,20). The highest BCUT2D eigenvalue weighted by Gasteiger charge is 2.28. The summed E-state index contributed by atoms with van der Waals surface area (Å²) in [5.74, 6) is 1.20. The van der Waals surface area contributed by atoms with Crippen LogP contribution in [0.15, 0.2) is 28.2 Å². The number of benzene rings is 1. The number of carbonyl (C=O) groups excluding carboxylic acids is 3. The number of hydrogen-bond acceptors (Lipinski definition) is 4. The van der Waals surface area contributed by atoms with E-state index in [2.05, 4.69) is 21.9 Å². The van der Waals surface area contributed by atoms with Gasteiger partial charge in [-0.1, -0.05) is 21.9 Å². The molecule has 0 unspecified atom stereocenters. The molecule has 0 radical (unpaired) electrons. The summed E-state index contributed by atoms with van der Waals surface area (Å²) < 4.78 is 6.07. The molecule has 2 rings (SSSR count). The molecule has 0 bridgehead atoms. The highest BCUT2D eigenvalue weighted by molar-refractivity contribution is 9.10. The summed E-state index contributed by atoms with van der Waals surface area (Å²) in [5.41, 5.74) is 0.285. The molecule has 4 amide bonds. The number of rotatable bonds is 3. The first kappa shape index (κ1) is 14.8. The van der Waals surface area contributed by atoms with E-state index in [1.165, 1.54) is 6.08 Å². The Balaban J connectivity index is 2.41. The van der Waals surface area contributed by atoms with Crippen LogP contribution in [0.3, 0.4) is 0 Å². The molecule has 1 heterocycles. The van der Waals surface area contributed by atoms with E-state index in [0.29, 0.717) is 11.3 Å². The number of nitrogens with one attached hydrogen (secondary N) is 2. The van der Waals surface area contributed by atoms with E-state index in [-0.39, 0.29) is 12.2 Å². The number of urea groups is 1. The number of terminal acetylenes is 1. The van der Waals surface area contributed by atoms with Gasteiger partial charge in [-0.15, -0.1) is 6.42 Å². The molecule has 0 aliphatic carbocycles. The Morgan fingerprint density at radius 2 is 1.90 bits per heavy atom. The summed E-state index contributed by atoms with van der Waals surface area (Å²) in [6.45, 7) is 0.0503. The van der Waals surface area contributed by atoms with Crippen LogP contribution >= 0.6 is 15.9 Å². The van der Waals surface area contributed by atoms with Crippen LogP contribution < -0.4 is 15.4 Å². The molecule has 1 aromatic carbocycles. The number of halogens is 1. The summed E-state index contributed by atoms with van der Waals surface area (Å²) >= 11 is 3.29. The van der Waals surface area contributed by atoms with Crippen LogP contribution in [0.5, 0.6) is 5.75 Å². The summed E-state index contributed by atoms with van der Waals surface area (Å²) in [5, 5.41) is 3.99. The van der Waals surface area contributed by atoms with Crippen molar-refractivity contribution >= 4 is 39.9 Å². The van der Waals surface area contributed by atoms with Crippen molar-refractivity contribution < 1.29 is 19.1 Å². The van der Waals surface area contributed by atoms with Crippen molar-refractivity contribution in [2.75, 3.05) is 6.61 Å².